The van der Waals surface area contributed by atoms with Gasteiger partial charge in [-0.15, -0.1) is 0 Å². The van der Waals surface area contributed by atoms with Crippen LogP contribution in [0.4, 0.5) is 0 Å². The fourth-order valence-corrected chi connectivity index (χ4v) is 6.62. The van der Waals surface area contributed by atoms with Gasteiger partial charge in [-0.25, -0.2) is 4.79 Å². The second-order valence-corrected chi connectivity index (χ2v) is 15.0. The maximum atomic E-state index is 13.3. The van der Waals surface area contributed by atoms with Crippen molar-refractivity contribution in [1.82, 2.24) is 26.6 Å². The number of hydrogen-bond donors (Lipinski definition) is 13. The SMILES string of the molecule is CC(=O)NC1C(OC2C3COC(O3)C(N)C2OC(C)C(=O)NC(C)C(=O)NC(CCC(=O)NC(CCCCNC(=O)CC(N)C(N)=O)C(=O)O)C(N)=O)OC(CO)C(O)C1O. The number of hydrogen-bond acceptors (Lipinski definition) is 18. The lowest BCUT2D eigenvalue weighted by molar-refractivity contribution is -0.312. The highest BCUT2D eigenvalue weighted by Gasteiger charge is 2.54. The zero-order valence-electron chi connectivity index (χ0n) is 33.9. The van der Waals surface area contributed by atoms with E-state index in [1.165, 1.54) is 13.8 Å². The highest BCUT2D eigenvalue weighted by molar-refractivity contribution is 5.92. The average Bonchev–Trinajstić information content (AvgIpc) is 3.64. The summed E-state index contributed by atoms with van der Waals surface area (Å²) in [4.78, 5) is 97.7. The van der Waals surface area contributed by atoms with Crippen molar-refractivity contribution in [3.05, 3.63) is 0 Å². The molecule has 0 spiro atoms. The minimum absolute atomic E-state index is 0.00957. The molecule has 2 bridgehead atoms. The van der Waals surface area contributed by atoms with Gasteiger partial charge in [-0.1, -0.05) is 0 Å². The number of aliphatic hydroxyl groups is 3. The minimum atomic E-state index is -1.63. The molecule has 0 aliphatic carbocycles. The van der Waals surface area contributed by atoms with Crippen LogP contribution in [0.5, 0.6) is 0 Å². The Balaban J connectivity index is 1.53. The number of aliphatic carboxylic acids is 1. The summed E-state index contributed by atoms with van der Waals surface area (Å²) in [5.41, 5.74) is 22.3. The highest BCUT2D eigenvalue weighted by atomic mass is 16.8. The van der Waals surface area contributed by atoms with Crippen LogP contribution in [-0.2, 0) is 62.0 Å². The summed E-state index contributed by atoms with van der Waals surface area (Å²) in [7, 11) is 0. The number of aliphatic hydroxyl groups excluding tert-OH is 3. The number of nitrogens with two attached hydrogens (primary N) is 4. The highest BCUT2D eigenvalue weighted by Crippen LogP contribution is 2.34. The smallest absolute Gasteiger partial charge is 0.326 e. The van der Waals surface area contributed by atoms with Gasteiger partial charge in [0.2, 0.25) is 41.4 Å². The maximum absolute atomic E-state index is 13.3. The molecule has 3 rings (SSSR count). The maximum Gasteiger partial charge on any atom is 0.326 e. The van der Waals surface area contributed by atoms with Gasteiger partial charge < -0.3 is 93.6 Å². The zero-order valence-corrected chi connectivity index (χ0v) is 33.9. The third kappa shape index (κ3) is 14.8. The first-order chi connectivity index (χ1) is 28.6. The van der Waals surface area contributed by atoms with Crippen molar-refractivity contribution in [2.45, 2.75) is 151 Å². The normalized spacial score (nSPS) is 29.4. The van der Waals surface area contributed by atoms with Crippen LogP contribution < -0.4 is 49.5 Å². The lowest BCUT2D eigenvalue weighted by Crippen LogP contribution is -2.67. The molecule has 3 aliphatic heterocycles. The number of unbranched alkanes of at least 4 members (excludes halogenated alkanes) is 1. The molecule has 3 aliphatic rings. The van der Waals surface area contributed by atoms with Crippen molar-refractivity contribution in [3.63, 3.8) is 0 Å². The number of fused-ring (bicyclic) bond motifs is 2. The van der Waals surface area contributed by atoms with E-state index >= 15 is 0 Å². The lowest BCUT2D eigenvalue weighted by atomic mass is 9.95. The Morgan fingerprint density at radius 2 is 1.54 bits per heavy atom. The van der Waals surface area contributed by atoms with E-state index < -0.39 is 152 Å². The Hall–Kier alpha value is -4.64. The third-order valence-corrected chi connectivity index (χ3v) is 10.1. The van der Waals surface area contributed by atoms with Crippen LogP contribution in [0, 0.1) is 0 Å². The summed E-state index contributed by atoms with van der Waals surface area (Å²) < 4.78 is 29.3. The van der Waals surface area contributed by atoms with Gasteiger partial charge in [-0.05, 0) is 39.5 Å². The minimum Gasteiger partial charge on any atom is -0.480 e. The number of carboxylic acid groups (broad SMARTS) is 1. The fraction of sp³-hybridized carbons (Fsp3) is 0.771. The predicted molar refractivity (Wildman–Crippen MR) is 203 cm³/mol. The van der Waals surface area contributed by atoms with Crippen molar-refractivity contribution in [2.75, 3.05) is 19.8 Å². The molecule has 0 saturated carbocycles. The van der Waals surface area contributed by atoms with Gasteiger partial charge in [0.1, 0.15) is 66.9 Å². The van der Waals surface area contributed by atoms with Gasteiger partial charge in [-0.3, -0.25) is 33.6 Å². The van der Waals surface area contributed by atoms with E-state index in [-0.39, 0.29) is 38.8 Å². The van der Waals surface area contributed by atoms with Gasteiger partial charge >= 0.3 is 5.97 Å². The number of ether oxygens (including phenoxy) is 5. The Labute approximate surface area is 349 Å². The first-order valence-electron chi connectivity index (χ1n) is 19.6. The van der Waals surface area contributed by atoms with Crippen molar-refractivity contribution < 1.29 is 82.5 Å². The summed E-state index contributed by atoms with van der Waals surface area (Å²) in [6.45, 7) is 3.21. The summed E-state index contributed by atoms with van der Waals surface area (Å²) in [6, 6.07) is -7.53. The number of carbonyl (C=O) groups excluding carboxylic acids is 7. The molecule has 15 atom stereocenters. The second-order valence-electron chi connectivity index (χ2n) is 15.0. The molecule has 0 aromatic carbocycles. The molecular weight excluding hydrogens is 818 g/mol. The Kier molecular flexibility index (Phi) is 19.6. The summed E-state index contributed by atoms with van der Waals surface area (Å²) >= 11 is 0. The number of primary amides is 2. The number of amides is 7. The fourth-order valence-electron chi connectivity index (χ4n) is 6.62. The van der Waals surface area contributed by atoms with Gasteiger partial charge in [-0.2, -0.15) is 0 Å². The van der Waals surface area contributed by atoms with E-state index in [1.54, 1.807) is 0 Å². The molecule has 3 saturated heterocycles. The van der Waals surface area contributed by atoms with E-state index in [0.29, 0.717) is 6.42 Å². The average molecular weight is 878 g/mol. The summed E-state index contributed by atoms with van der Waals surface area (Å²) in [6.07, 6.45) is -11.9. The molecule has 0 aromatic rings. The molecule has 26 heteroatoms. The van der Waals surface area contributed by atoms with Crippen LogP contribution in [0.25, 0.3) is 0 Å². The third-order valence-electron chi connectivity index (χ3n) is 10.1. The molecule has 61 heavy (non-hydrogen) atoms. The molecule has 3 heterocycles. The van der Waals surface area contributed by atoms with E-state index in [9.17, 15) is 58.8 Å². The van der Waals surface area contributed by atoms with Crippen molar-refractivity contribution in [1.29, 1.82) is 0 Å². The van der Waals surface area contributed by atoms with Gasteiger partial charge in [0.05, 0.1) is 31.7 Å². The zero-order chi connectivity index (χ0) is 45.7. The van der Waals surface area contributed by atoms with Crippen molar-refractivity contribution in [2.24, 2.45) is 22.9 Å². The van der Waals surface area contributed by atoms with E-state index in [2.05, 4.69) is 26.6 Å². The van der Waals surface area contributed by atoms with Crippen LogP contribution in [0.3, 0.4) is 0 Å². The largest absolute Gasteiger partial charge is 0.480 e. The van der Waals surface area contributed by atoms with E-state index in [1.807, 2.05) is 0 Å². The van der Waals surface area contributed by atoms with E-state index in [4.69, 9.17) is 46.6 Å². The summed E-state index contributed by atoms with van der Waals surface area (Å²) in [5, 5.41) is 52.5. The van der Waals surface area contributed by atoms with Crippen LogP contribution >= 0.6 is 0 Å². The molecule has 17 N–H and O–H groups in total. The molecule has 7 amide bonds. The molecule has 0 radical (unpaired) electrons. The van der Waals surface area contributed by atoms with Gasteiger partial charge in [0, 0.05) is 19.9 Å². The number of nitrogens with one attached hydrogen (secondary N) is 5. The van der Waals surface area contributed by atoms with E-state index in [0.717, 1.165) is 6.92 Å². The molecular formula is C35H59N9O17. The Morgan fingerprint density at radius 1 is 0.852 bits per heavy atom. The summed E-state index contributed by atoms with van der Waals surface area (Å²) in [5.74, 6) is -6.74. The molecule has 15 unspecified atom stereocenters. The van der Waals surface area contributed by atoms with Crippen LogP contribution in [0.1, 0.15) is 59.3 Å². The number of rotatable bonds is 24. The van der Waals surface area contributed by atoms with Crippen molar-refractivity contribution >= 4 is 47.3 Å². The molecule has 26 nitrogen and oxygen atoms in total. The standard InChI is InChI=1S/C35H59N9O17/c1-13(31(53)44-17(30(39)52)7-8-21(47)43-18(33(55)56)6-4-5-9-40-22(48)10-16(36)29(38)51)41-32(54)14(2)58-28-23(37)34-57-12-20(60-34)27(28)61-35-24(42-15(3)46)26(50)25(49)19(11-45)59-35/h13-14,16-20,23-28,34-35,45,49-50H,4-12,36-37H2,1-3H3,(H2,38,51)(H2,39,52)(H,40,48)(H,41,54)(H,42,46)(H,43,47)(H,44,53)(H,55,56). The van der Waals surface area contributed by atoms with Crippen LogP contribution in [0.15, 0.2) is 0 Å². The molecule has 3 fully saturated rings. The van der Waals surface area contributed by atoms with Crippen LogP contribution in [-0.4, -0.2) is 179 Å². The van der Waals surface area contributed by atoms with Gasteiger partial charge in [0.15, 0.2) is 12.6 Å². The monoisotopic (exact) mass is 877 g/mol. The molecule has 0 aromatic heterocycles. The molecule has 346 valence electrons. The number of carboxylic acids is 1. The number of carbonyl (C=O) groups is 8. The second kappa shape index (κ2) is 23.5. The first kappa shape index (κ1) is 50.7. The predicted octanol–water partition coefficient (Wildman–Crippen LogP) is -7.52. The lowest BCUT2D eigenvalue weighted by Gasteiger charge is -2.46. The Morgan fingerprint density at radius 3 is 2.15 bits per heavy atom. The van der Waals surface area contributed by atoms with Crippen molar-refractivity contribution in [3.8, 4) is 0 Å². The van der Waals surface area contributed by atoms with Gasteiger partial charge in [0.25, 0.3) is 0 Å². The first-order valence-corrected chi connectivity index (χ1v) is 19.6. The topological polar surface area (TPSA) is 428 Å². The Bertz CT molecular complexity index is 1580. The quantitative estimate of drug-likeness (QED) is 0.0401. The van der Waals surface area contributed by atoms with Crippen LogP contribution in [0.2, 0.25) is 0 Å².